The lowest BCUT2D eigenvalue weighted by molar-refractivity contribution is 1.12. The number of pyridine rings is 2. The summed E-state index contributed by atoms with van der Waals surface area (Å²) >= 11 is 5.08. The molecule has 3 aromatic rings. The van der Waals surface area contributed by atoms with Crippen LogP contribution >= 0.6 is 27.7 Å². The van der Waals surface area contributed by atoms with E-state index in [1.54, 1.807) is 18.0 Å². The van der Waals surface area contributed by atoms with E-state index in [-0.39, 0.29) is 0 Å². The summed E-state index contributed by atoms with van der Waals surface area (Å²) in [5, 5.41) is 2.00. The van der Waals surface area contributed by atoms with Crippen molar-refractivity contribution in [2.45, 2.75) is 10.8 Å². The van der Waals surface area contributed by atoms with E-state index in [1.165, 1.54) is 5.56 Å². The summed E-state index contributed by atoms with van der Waals surface area (Å²) in [6.45, 7) is 0. The molecule has 0 aliphatic carbocycles. The first kappa shape index (κ1) is 13.4. The first-order valence-electron chi connectivity index (χ1n) is 6.10. The van der Waals surface area contributed by atoms with Gasteiger partial charge in [-0.2, -0.15) is 0 Å². The van der Waals surface area contributed by atoms with Gasteiger partial charge in [-0.1, -0.05) is 6.07 Å². The van der Waals surface area contributed by atoms with Crippen LogP contribution in [-0.2, 0) is 5.75 Å². The molecule has 2 heterocycles. The van der Waals surface area contributed by atoms with Crippen molar-refractivity contribution in [3.8, 4) is 0 Å². The van der Waals surface area contributed by atoms with Crippen LogP contribution in [0.25, 0.3) is 10.9 Å². The topological polar surface area (TPSA) is 51.8 Å². The summed E-state index contributed by atoms with van der Waals surface area (Å²) in [6, 6.07) is 11.9. The number of hydrogen-bond acceptors (Lipinski definition) is 4. The number of thioether (sulfide) groups is 1. The maximum absolute atomic E-state index is 5.98. The standard InChI is InChI=1S/C15H12BrN3S/c16-11-4-6-14(19-8-11)20-9-10-3-5-13(17)12-2-1-7-18-15(10)12/h1-8H,9,17H2. The first-order valence-corrected chi connectivity index (χ1v) is 7.88. The van der Waals surface area contributed by atoms with Crippen molar-refractivity contribution in [1.29, 1.82) is 0 Å². The van der Waals surface area contributed by atoms with E-state index in [9.17, 15) is 0 Å². The van der Waals surface area contributed by atoms with E-state index in [0.717, 1.165) is 31.8 Å². The average Bonchev–Trinajstić information content (AvgIpc) is 2.49. The Labute approximate surface area is 129 Å². The molecule has 3 nitrogen and oxygen atoms in total. The van der Waals surface area contributed by atoms with Crippen LogP contribution in [0.15, 0.2) is 58.3 Å². The molecular formula is C15H12BrN3S. The van der Waals surface area contributed by atoms with Crippen LogP contribution in [0, 0.1) is 0 Å². The second-order valence-corrected chi connectivity index (χ2v) is 6.23. The Hall–Kier alpha value is -1.59. The first-order chi connectivity index (χ1) is 9.74. The van der Waals surface area contributed by atoms with Crippen molar-refractivity contribution >= 4 is 44.3 Å². The van der Waals surface area contributed by atoms with Crippen molar-refractivity contribution in [3.63, 3.8) is 0 Å². The lowest BCUT2D eigenvalue weighted by Gasteiger charge is -2.07. The number of nitrogens with two attached hydrogens (primary N) is 1. The monoisotopic (exact) mass is 345 g/mol. The second kappa shape index (κ2) is 5.81. The zero-order valence-corrected chi connectivity index (χ0v) is 13.0. The molecule has 0 spiro atoms. The van der Waals surface area contributed by atoms with E-state index < -0.39 is 0 Å². The quantitative estimate of drug-likeness (QED) is 0.568. The molecular weight excluding hydrogens is 334 g/mol. The predicted octanol–water partition coefficient (Wildman–Crippen LogP) is 4.27. The second-order valence-electron chi connectivity index (χ2n) is 4.32. The van der Waals surface area contributed by atoms with Crippen LogP contribution in [-0.4, -0.2) is 9.97 Å². The Morgan fingerprint density at radius 1 is 1.10 bits per heavy atom. The number of aromatic nitrogens is 2. The lowest BCUT2D eigenvalue weighted by atomic mass is 10.1. The summed E-state index contributed by atoms with van der Waals surface area (Å²) in [4.78, 5) is 8.81. The van der Waals surface area contributed by atoms with E-state index in [2.05, 4.69) is 25.9 Å². The molecule has 0 saturated heterocycles. The highest BCUT2D eigenvalue weighted by Gasteiger charge is 2.06. The summed E-state index contributed by atoms with van der Waals surface area (Å²) in [5.74, 6) is 0.822. The van der Waals surface area contributed by atoms with E-state index in [0.29, 0.717) is 0 Å². The van der Waals surface area contributed by atoms with Crippen LogP contribution in [0.4, 0.5) is 5.69 Å². The number of nitrogens with zero attached hydrogens (tertiary/aromatic N) is 2. The van der Waals surface area contributed by atoms with E-state index in [1.807, 2.05) is 42.6 Å². The van der Waals surface area contributed by atoms with Crippen molar-refractivity contribution in [3.05, 3.63) is 58.8 Å². The Balaban J connectivity index is 1.88. The molecule has 0 aliphatic heterocycles. The van der Waals surface area contributed by atoms with Gasteiger partial charge in [-0.05, 0) is 51.8 Å². The highest BCUT2D eigenvalue weighted by Crippen LogP contribution is 2.28. The maximum atomic E-state index is 5.98. The third-order valence-electron chi connectivity index (χ3n) is 2.96. The zero-order chi connectivity index (χ0) is 13.9. The zero-order valence-electron chi connectivity index (χ0n) is 10.6. The molecule has 0 saturated carbocycles. The highest BCUT2D eigenvalue weighted by atomic mass is 79.9. The molecule has 2 N–H and O–H groups in total. The van der Waals surface area contributed by atoms with Crippen LogP contribution in [0.3, 0.4) is 0 Å². The van der Waals surface area contributed by atoms with Gasteiger partial charge in [-0.15, -0.1) is 11.8 Å². The highest BCUT2D eigenvalue weighted by molar-refractivity contribution is 9.10. The molecule has 0 atom stereocenters. The molecule has 0 fully saturated rings. The fourth-order valence-corrected chi connectivity index (χ4v) is 3.03. The van der Waals surface area contributed by atoms with E-state index >= 15 is 0 Å². The minimum Gasteiger partial charge on any atom is -0.398 e. The third-order valence-corrected chi connectivity index (χ3v) is 4.42. The number of fused-ring (bicyclic) bond motifs is 1. The van der Waals surface area contributed by atoms with Gasteiger partial charge in [0.15, 0.2) is 0 Å². The SMILES string of the molecule is Nc1ccc(CSc2ccc(Br)cn2)c2ncccc12. The van der Waals surface area contributed by atoms with Crippen molar-refractivity contribution in [2.24, 2.45) is 0 Å². The number of benzene rings is 1. The Bertz CT molecular complexity index is 744. The maximum Gasteiger partial charge on any atom is 0.0963 e. The Morgan fingerprint density at radius 3 is 2.80 bits per heavy atom. The molecule has 0 radical (unpaired) electrons. The van der Waals surface area contributed by atoms with Gasteiger partial charge in [0.25, 0.3) is 0 Å². The van der Waals surface area contributed by atoms with E-state index in [4.69, 9.17) is 5.73 Å². The molecule has 20 heavy (non-hydrogen) atoms. The van der Waals surface area contributed by atoms with Gasteiger partial charge < -0.3 is 5.73 Å². The Kier molecular flexibility index (Phi) is 3.89. The van der Waals surface area contributed by atoms with Gasteiger partial charge in [0.2, 0.25) is 0 Å². The molecule has 1 aromatic carbocycles. The van der Waals surface area contributed by atoms with Gasteiger partial charge in [0.05, 0.1) is 10.5 Å². The van der Waals surface area contributed by atoms with Gasteiger partial charge in [-0.3, -0.25) is 4.98 Å². The lowest BCUT2D eigenvalue weighted by Crippen LogP contribution is -1.93. The molecule has 0 amide bonds. The van der Waals surface area contributed by atoms with Gasteiger partial charge in [-0.25, -0.2) is 4.98 Å². The smallest absolute Gasteiger partial charge is 0.0963 e. The average molecular weight is 346 g/mol. The van der Waals surface area contributed by atoms with Crippen LogP contribution in [0.5, 0.6) is 0 Å². The summed E-state index contributed by atoms with van der Waals surface area (Å²) in [7, 11) is 0. The summed E-state index contributed by atoms with van der Waals surface area (Å²) < 4.78 is 0.987. The predicted molar refractivity (Wildman–Crippen MR) is 87.7 cm³/mol. The number of hydrogen-bond donors (Lipinski definition) is 1. The summed E-state index contributed by atoms with van der Waals surface area (Å²) in [5.41, 5.74) is 8.89. The summed E-state index contributed by atoms with van der Waals surface area (Å²) in [6.07, 6.45) is 3.61. The van der Waals surface area contributed by atoms with Crippen LogP contribution in [0.2, 0.25) is 0 Å². The van der Waals surface area contributed by atoms with Crippen molar-refractivity contribution < 1.29 is 0 Å². The largest absolute Gasteiger partial charge is 0.398 e. The molecule has 2 aromatic heterocycles. The third kappa shape index (κ3) is 2.78. The fraction of sp³-hybridized carbons (Fsp3) is 0.0667. The van der Waals surface area contributed by atoms with Crippen LogP contribution in [0.1, 0.15) is 5.56 Å². The number of rotatable bonds is 3. The molecule has 3 rings (SSSR count). The van der Waals surface area contributed by atoms with Gasteiger partial charge >= 0.3 is 0 Å². The molecule has 0 aliphatic rings. The van der Waals surface area contributed by atoms with Crippen molar-refractivity contribution in [1.82, 2.24) is 9.97 Å². The minimum absolute atomic E-state index is 0.767. The normalized spacial score (nSPS) is 10.8. The molecule has 0 unspecified atom stereocenters. The molecule has 100 valence electrons. The Morgan fingerprint density at radius 2 is 2.00 bits per heavy atom. The number of halogens is 1. The van der Waals surface area contributed by atoms with Gasteiger partial charge in [0.1, 0.15) is 0 Å². The van der Waals surface area contributed by atoms with Gasteiger partial charge in [0, 0.05) is 33.7 Å². The fourth-order valence-electron chi connectivity index (χ4n) is 1.97. The molecule has 0 bridgehead atoms. The van der Waals surface area contributed by atoms with Crippen LogP contribution < -0.4 is 5.73 Å². The van der Waals surface area contributed by atoms with Crippen molar-refractivity contribution in [2.75, 3.05) is 5.73 Å². The molecule has 5 heteroatoms. The minimum atomic E-state index is 0.767. The number of anilines is 1. The number of nitrogen functional groups attached to an aromatic ring is 1.